The van der Waals surface area contributed by atoms with Crippen LogP contribution in [0.3, 0.4) is 0 Å². The Morgan fingerprint density at radius 2 is 1.88 bits per heavy atom. The minimum atomic E-state index is -0.662. The number of Topliss-reactive ketones (excluding diaryl/α,β-unsaturated/α-hetero) is 1. The number of likely N-dealkylation sites (tertiary alicyclic amines) is 1. The summed E-state index contributed by atoms with van der Waals surface area (Å²) in [7, 11) is 0. The Morgan fingerprint density at radius 1 is 1.15 bits per heavy atom. The van der Waals surface area contributed by atoms with Gasteiger partial charge in [0.05, 0.1) is 5.52 Å². The van der Waals surface area contributed by atoms with E-state index in [-0.39, 0.29) is 41.2 Å². The van der Waals surface area contributed by atoms with Crippen molar-refractivity contribution in [1.82, 2.24) is 24.4 Å². The van der Waals surface area contributed by atoms with Crippen molar-refractivity contribution in [3.63, 3.8) is 0 Å². The number of carbonyl (C=O) groups is 3. The van der Waals surface area contributed by atoms with Crippen LogP contribution >= 0.6 is 15.9 Å². The summed E-state index contributed by atoms with van der Waals surface area (Å²) in [6.45, 7) is 6.98. The van der Waals surface area contributed by atoms with Crippen LogP contribution in [0.25, 0.3) is 22.0 Å². The number of hydrogen-bond acceptors (Lipinski definition) is 6. The molecule has 1 aliphatic carbocycles. The van der Waals surface area contributed by atoms with E-state index in [1.165, 1.54) is 25.4 Å². The average molecular weight is 619 g/mol. The fourth-order valence-electron chi connectivity index (χ4n) is 5.89. The SMILES string of the molecule is CC(=O)c1cn(CC(=O)N2C3C[C@]3(C)C[C@H]2C(=O)Nc2nc(Br)ccc2C)c2cc(F)c(-c3cnc(C)nc3)cc12. The monoisotopic (exact) mass is 618 g/mol. The summed E-state index contributed by atoms with van der Waals surface area (Å²) in [6, 6.07) is 5.87. The van der Waals surface area contributed by atoms with Crippen LogP contribution in [0.1, 0.15) is 48.4 Å². The zero-order valence-electron chi connectivity index (χ0n) is 23.0. The summed E-state index contributed by atoms with van der Waals surface area (Å²) in [6.07, 6.45) is 6.03. The number of halogens is 2. The molecule has 41 heavy (non-hydrogen) atoms. The minimum Gasteiger partial charge on any atom is -0.337 e. The largest absolute Gasteiger partial charge is 0.337 e. The molecule has 1 N–H and O–H groups in total. The second kappa shape index (κ2) is 9.83. The third kappa shape index (κ3) is 4.81. The maximum absolute atomic E-state index is 15.4. The Bertz CT molecular complexity index is 1750. The van der Waals surface area contributed by atoms with Crippen LogP contribution in [0.15, 0.2) is 47.5 Å². The minimum absolute atomic E-state index is 0.0544. The number of nitrogens with zero attached hydrogens (tertiary/aromatic N) is 5. The van der Waals surface area contributed by atoms with E-state index in [1.807, 2.05) is 13.0 Å². The van der Waals surface area contributed by atoms with Crippen molar-refractivity contribution < 1.29 is 18.8 Å². The molecule has 0 bridgehead atoms. The number of ketones is 1. The Balaban J connectivity index is 1.31. The molecule has 1 saturated carbocycles. The second-order valence-electron chi connectivity index (χ2n) is 11.3. The summed E-state index contributed by atoms with van der Waals surface area (Å²) in [5.74, 6) is -0.277. The number of hydrogen-bond donors (Lipinski definition) is 1. The van der Waals surface area contributed by atoms with Crippen LogP contribution in [-0.4, -0.2) is 54.1 Å². The average Bonchev–Trinajstić information content (AvgIpc) is 3.29. The summed E-state index contributed by atoms with van der Waals surface area (Å²) in [5, 5.41) is 3.43. The van der Waals surface area contributed by atoms with Gasteiger partial charge in [-0.05, 0) is 78.7 Å². The van der Waals surface area contributed by atoms with Gasteiger partial charge in [0.25, 0.3) is 0 Å². The van der Waals surface area contributed by atoms with E-state index < -0.39 is 11.9 Å². The molecule has 3 atom stereocenters. The van der Waals surface area contributed by atoms with Crippen LogP contribution in [-0.2, 0) is 16.1 Å². The van der Waals surface area contributed by atoms with Crippen molar-refractivity contribution >= 4 is 50.2 Å². The molecule has 3 aromatic heterocycles. The Morgan fingerprint density at radius 3 is 2.59 bits per heavy atom. The number of rotatable bonds is 6. The van der Waals surface area contributed by atoms with Gasteiger partial charge in [-0.1, -0.05) is 13.0 Å². The van der Waals surface area contributed by atoms with Crippen molar-refractivity contribution in [2.24, 2.45) is 5.41 Å². The molecule has 0 spiro atoms. The fourth-order valence-corrected chi connectivity index (χ4v) is 6.20. The molecule has 2 amide bonds. The zero-order valence-corrected chi connectivity index (χ0v) is 24.6. The lowest BCUT2D eigenvalue weighted by molar-refractivity contribution is -0.138. The number of anilines is 1. The number of benzene rings is 1. The van der Waals surface area contributed by atoms with Gasteiger partial charge in [-0.25, -0.2) is 19.3 Å². The first-order valence-electron chi connectivity index (χ1n) is 13.3. The lowest BCUT2D eigenvalue weighted by Crippen LogP contribution is -2.46. The van der Waals surface area contributed by atoms with E-state index in [4.69, 9.17) is 0 Å². The molecule has 11 heteroatoms. The highest BCUT2D eigenvalue weighted by Gasteiger charge is 2.64. The van der Waals surface area contributed by atoms with Crippen LogP contribution in [0, 0.1) is 25.1 Å². The van der Waals surface area contributed by atoms with Gasteiger partial charge in [-0.2, -0.15) is 0 Å². The predicted octanol–water partition coefficient (Wildman–Crippen LogP) is 5.23. The van der Waals surface area contributed by atoms with Gasteiger partial charge in [0.1, 0.15) is 34.6 Å². The lowest BCUT2D eigenvalue weighted by atomic mass is 10.0. The molecule has 4 aromatic rings. The third-order valence-electron chi connectivity index (χ3n) is 8.28. The van der Waals surface area contributed by atoms with Crippen LogP contribution in [0.5, 0.6) is 0 Å². The predicted molar refractivity (Wildman–Crippen MR) is 155 cm³/mol. The number of amides is 2. The molecule has 1 saturated heterocycles. The Labute approximate surface area is 244 Å². The molecule has 1 aliphatic heterocycles. The molecule has 2 aliphatic rings. The summed E-state index contributed by atoms with van der Waals surface area (Å²) in [5.41, 5.74) is 2.24. The van der Waals surface area contributed by atoms with Gasteiger partial charge in [0, 0.05) is 46.7 Å². The molecular formula is C30H28BrFN6O3. The van der Waals surface area contributed by atoms with E-state index >= 15 is 4.39 Å². The van der Waals surface area contributed by atoms with Gasteiger partial charge in [0.15, 0.2) is 5.78 Å². The van der Waals surface area contributed by atoms with Crippen LogP contribution < -0.4 is 5.32 Å². The molecule has 1 aromatic carbocycles. The molecule has 2 fully saturated rings. The van der Waals surface area contributed by atoms with Gasteiger partial charge in [-0.15, -0.1) is 0 Å². The number of aryl methyl sites for hydroxylation is 2. The quantitative estimate of drug-likeness (QED) is 0.234. The van der Waals surface area contributed by atoms with Crippen molar-refractivity contribution in [3.05, 3.63) is 70.2 Å². The van der Waals surface area contributed by atoms with Gasteiger partial charge in [-0.3, -0.25) is 14.4 Å². The van der Waals surface area contributed by atoms with Crippen molar-refractivity contribution in [1.29, 1.82) is 0 Å². The number of nitrogens with one attached hydrogen (secondary N) is 1. The van der Waals surface area contributed by atoms with Gasteiger partial charge >= 0.3 is 0 Å². The fraction of sp³-hybridized carbons (Fsp3) is 0.333. The first-order valence-corrected chi connectivity index (χ1v) is 14.1. The van der Waals surface area contributed by atoms with Crippen molar-refractivity contribution in [3.8, 4) is 11.1 Å². The Kier molecular flexibility index (Phi) is 6.52. The second-order valence-corrected chi connectivity index (χ2v) is 12.1. The first kappa shape index (κ1) is 27.2. The molecule has 1 unspecified atom stereocenters. The maximum atomic E-state index is 15.4. The molecule has 4 heterocycles. The maximum Gasteiger partial charge on any atom is 0.248 e. The topological polar surface area (TPSA) is 110 Å². The molecule has 210 valence electrons. The number of aromatic nitrogens is 4. The van der Waals surface area contributed by atoms with Gasteiger partial charge < -0.3 is 14.8 Å². The number of carbonyl (C=O) groups excluding carboxylic acids is 3. The summed E-state index contributed by atoms with van der Waals surface area (Å²) in [4.78, 5) is 54.2. The zero-order chi connectivity index (χ0) is 29.2. The van der Waals surface area contributed by atoms with E-state index in [0.717, 1.165) is 12.0 Å². The number of piperidine rings is 1. The Hall–Kier alpha value is -3.99. The van der Waals surface area contributed by atoms with Crippen molar-refractivity contribution in [2.45, 2.75) is 59.2 Å². The molecule has 0 radical (unpaired) electrons. The molecular weight excluding hydrogens is 591 g/mol. The molecule has 9 nitrogen and oxygen atoms in total. The van der Waals surface area contributed by atoms with E-state index in [1.54, 1.807) is 34.7 Å². The highest BCUT2D eigenvalue weighted by atomic mass is 79.9. The summed E-state index contributed by atoms with van der Waals surface area (Å²) < 4.78 is 17.6. The van der Waals surface area contributed by atoms with Crippen LogP contribution in [0.2, 0.25) is 0 Å². The van der Waals surface area contributed by atoms with E-state index in [2.05, 4.69) is 43.1 Å². The molecule has 6 rings (SSSR count). The van der Waals surface area contributed by atoms with Crippen LogP contribution in [0.4, 0.5) is 10.2 Å². The third-order valence-corrected chi connectivity index (χ3v) is 8.72. The standard InChI is InChI=1S/C30H28BrFN6O3/c1-15-5-6-26(31)35-28(15)36-29(41)24-9-30(4)10-25(30)38(24)27(40)14-37-13-21(16(2)39)20-7-19(22(32)8-23(20)37)18-11-33-17(3)34-12-18/h5-8,11-13,24-25H,9-10,14H2,1-4H3,(H,35,36,41)/t24-,25?,30-/m0/s1. The highest BCUT2D eigenvalue weighted by molar-refractivity contribution is 9.10. The smallest absolute Gasteiger partial charge is 0.248 e. The first-order chi connectivity index (χ1) is 19.4. The number of pyridine rings is 1. The summed E-state index contributed by atoms with van der Waals surface area (Å²) >= 11 is 3.34. The highest BCUT2D eigenvalue weighted by Crippen LogP contribution is 2.59. The van der Waals surface area contributed by atoms with E-state index in [9.17, 15) is 14.4 Å². The van der Waals surface area contributed by atoms with Gasteiger partial charge in [0.2, 0.25) is 11.8 Å². The lowest BCUT2D eigenvalue weighted by Gasteiger charge is -2.27. The number of fused-ring (bicyclic) bond motifs is 2. The van der Waals surface area contributed by atoms with E-state index in [0.29, 0.717) is 44.7 Å². The van der Waals surface area contributed by atoms with Crippen molar-refractivity contribution in [2.75, 3.05) is 5.32 Å². The normalized spacial score (nSPS) is 21.2.